The van der Waals surface area contributed by atoms with E-state index in [0.717, 1.165) is 23.2 Å². The van der Waals surface area contributed by atoms with Gasteiger partial charge in [0.1, 0.15) is 0 Å². The Kier molecular flexibility index (Phi) is 7.00. The lowest BCUT2D eigenvalue weighted by molar-refractivity contribution is -0.124. The smallest absolute Gasteiger partial charge is 0.238 e. The highest BCUT2D eigenvalue weighted by Crippen LogP contribution is 2.23. The maximum atomic E-state index is 12.2. The summed E-state index contributed by atoms with van der Waals surface area (Å²) in [7, 11) is 1.80. The Morgan fingerprint density at radius 2 is 1.80 bits per heavy atom. The van der Waals surface area contributed by atoms with Crippen molar-refractivity contribution in [2.75, 3.05) is 25.5 Å². The third kappa shape index (κ3) is 6.16. The molecule has 0 bridgehead atoms. The first-order valence-corrected chi connectivity index (χ1v) is 9.20. The third-order valence-electron chi connectivity index (χ3n) is 4.95. The molecule has 0 saturated heterocycles. The van der Waals surface area contributed by atoms with E-state index in [9.17, 15) is 9.59 Å². The van der Waals surface area contributed by atoms with E-state index in [0.29, 0.717) is 5.92 Å². The summed E-state index contributed by atoms with van der Waals surface area (Å²) in [4.78, 5) is 26.2. The Bertz CT molecular complexity index is 615. The third-order valence-corrected chi connectivity index (χ3v) is 4.95. The number of hydrogen-bond acceptors (Lipinski definition) is 3. The van der Waals surface area contributed by atoms with Gasteiger partial charge in [-0.3, -0.25) is 14.5 Å². The highest BCUT2D eigenvalue weighted by atomic mass is 16.2. The second kappa shape index (κ2) is 8.99. The van der Waals surface area contributed by atoms with Crippen LogP contribution in [-0.4, -0.2) is 42.9 Å². The molecule has 2 atom stereocenters. The van der Waals surface area contributed by atoms with Crippen molar-refractivity contribution in [1.29, 1.82) is 0 Å². The second-order valence-corrected chi connectivity index (χ2v) is 7.47. The molecule has 0 spiro atoms. The maximum absolute atomic E-state index is 12.2. The number of amides is 2. The normalized spacial score (nSPS) is 20.4. The van der Waals surface area contributed by atoms with Gasteiger partial charge >= 0.3 is 0 Å². The Balaban J connectivity index is 1.78. The first-order chi connectivity index (χ1) is 11.8. The lowest BCUT2D eigenvalue weighted by atomic mass is 9.86. The average Bonchev–Trinajstić information content (AvgIpc) is 2.52. The number of carbonyl (C=O) groups excluding carboxylic acids is 2. The summed E-state index contributed by atoms with van der Waals surface area (Å²) in [5.74, 6) is 0.437. The Hall–Kier alpha value is -1.88. The highest BCUT2D eigenvalue weighted by Gasteiger charge is 2.23. The number of anilines is 1. The van der Waals surface area contributed by atoms with Crippen molar-refractivity contribution in [3.8, 4) is 0 Å². The van der Waals surface area contributed by atoms with E-state index in [1.165, 1.54) is 19.3 Å². The summed E-state index contributed by atoms with van der Waals surface area (Å²) in [6, 6.07) is 6.25. The minimum Gasteiger partial charge on any atom is -0.352 e. The topological polar surface area (TPSA) is 61.4 Å². The molecule has 0 aliphatic heterocycles. The average molecular weight is 345 g/mol. The lowest BCUT2D eigenvalue weighted by Gasteiger charge is -2.30. The molecule has 2 N–H and O–H groups in total. The van der Waals surface area contributed by atoms with Gasteiger partial charge in [0.25, 0.3) is 0 Å². The summed E-state index contributed by atoms with van der Waals surface area (Å²) in [5.41, 5.74) is 2.97. The van der Waals surface area contributed by atoms with Gasteiger partial charge in [0, 0.05) is 11.7 Å². The molecule has 1 fully saturated rings. The van der Waals surface area contributed by atoms with Crippen LogP contribution in [0.15, 0.2) is 18.2 Å². The van der Waals surface area contributed by atoms with Gasteiger partial charge < -0.3 is 10.6 Å². The summed E-state index contributed by atoms with van der Waals surface area (Å²) in [6.07, 6.45) is 4.68. The number of aryl methyl sites for hydroxylation is 2. The quantitative estimate of drug-likeness (QED) is 0.833. The first-order valence-electron chi connectivity index (χ1n) is 9.20. The van der Waals surface area contributed by atoms with Crippen LogP contribution >= 0.6 is 0 Å². The Morgan fingerprint density at radius 3 is 2.52 bits per heavy atom. The zero-order valence-corrected chi connectivity index (χ0v) is 15.9. The molecule has 0 heterocycles. The molecule has 0 radical (unpaired) electrons. The first kappa shape index (κ1) is 19.4. The molecular formula is C20H31N3O2. The molecule has 1 aromatic rings. The molecule has 1 aromatic carbocycles. The molecule has 1 aliphatic carbocycles. The number of likely N-dealkylation sites (N-methyl/N-ethyl adjacent to an activating group) is 1. The Labute approximate surface area is 151 Å². The van der Waals surface area contributed by atoms with Gasteiger partial charge in [0.2, 0.25) is 11.8 Å². The van der Waals surface area contributed by atoms with Crippen LogP contribution in [0.4, 0.5) is 5.69 Å². The summed E-state index contributed by atoms with van der Waals surface area (Å²) in [6.45, 7) is 6.60. The monoisotopic (exact) mass is 345 g/mol. The van der Waals surface area contributed by atoms with Gasteiger partial charge in [-0.25, -0.2) is 0 Å². The molecule has 5 nitrogen and oxygen atoms in total. The molecule has 0 unspecified atom stereocenters. The minimum atomic E-state index is -0.102. The second-order valence-electron chi connectivity index (χ2n) is 7.47. The van der Waals surface area contributed by atoms with Crippen molar-refractivity contribution < 1.29 is 9.59 Å². The fourth-order valence-corrected chi connectivity index (χ4v) is 3.39. The van der Waals surface area contributed by atoms with E-state index in [-0.39, 0.29) is 30.9 Å². The van der Waals surface area contributed by atoms with Crippen LogP contribution in [0.5, 0.6) is 0 Å². The number of nitrogens with one attached hydrogen (secondary N) is 2. The van der Waals surface area contributed by atoms with Crippen molar-refractivity contribution in [3.63, 3.8) is 0 Å². The number of hydrogen-bond donors (Lipinski definition) is 2. The molecule has 2 rings (SSSR count). The number of nitrogens with zero attached hydrogens (tertiary/aromatic N) is 1. The van der Waals surface area contributed by atoms with Crippen molar-refractivity contribution in [3.05, 3.63) is 29.3 Å². The van der Waals surface area contributed by atoms with Crippen molar-refractivity contribution in [2.24, 2.45) is 5.92 Å². The van der Waals surface area contributed by atoms with Crippen LogP contribution in [0.25, 0.3) is 0 Å². The van der Waals surface area contributed by atoms with Gasteiger partial charge in [-0.15, -0.1) is 0 Å². The number of carbonyl (C=O) groups is 2. The molecule has 1 saturated carbocycles. The van der Waals surface area contributed by atoms with Crippen LogP contribution < -0.4 is 10.6 Å². The van der Waals surface area contributed by atoms with Crippen LogP contribution in [0.2, 0.25) is 0 Å². The molecule has 138 valence electrons. The fourth-order valence-electron chi connectivity index (χ4n) is 3.39. The van der Waals surface area contributed by atoms with Crippen molar-refractivity contribution in [2.45, 2.75) is 52.5 Å². The van der Waals surface area contributed by atoms with Gasteiger partial charge in [0.15, 0.2) is 0 Å². The predicted molar refractivity (Wildman–Crippen MR) is 102 cm³/mol. The van der Waals surface area contributed by atoms with Crippen LogP contribution in [0.3, 0.4) is 0 Å². The number of rotatable bonds is 6. The van der Waals surface area contributed by atoms with Crippen LogP contribution in [0, 0.1) is 19.8 Å². The fraction of sp³-hybridized carbons (Fsp3) is 0.600. The molecule has 2 amide bonds. The molecule has 1 aliphatic rings. The predicted octanol–water partition coefficient (Wildman–Crippen LogP) is 2.87. The van der Waals surface area contributed by atoms with E-state index in [2.05, 4.69) is 17.6 Å². The van der Waals surface area contributed by atoms with Crippen molar-refractivity contribution >= 4 is 17.5 Å². The summed E-state index contributed by atoms with van der Waals surface area (Å²) in [5, 5.41) is 6.06. The van der Waals surface area contributed by atoms with E-state index in [4.69, 9.17) is 0 Å². The summed E-state index contributed by atoms with van der Waals surface area (Å²) < 4.78 is 0. The lowest BCUT2D eigenvalue weighted by Crippen LogP contribution is -2.46. The SMILES string of the molecule is Cc1ccc(C)c(NC(=O)CN(C)CC(=O)N[C@H]2CCCC[C@@H]2C)c1. The van der Waals surface area contributed by atoms with Gasteiger partial charge in [-0.1, -0.05) is 31.9 Å². The zero-order chi connectivity index (χ0) is 18.4. The van der Waals surface area contributed by atoms with E-state index < -0.39 is 0 Å². The molecule has 5 heteroatoms. The molecule has 0 aromatic heterocycles. The van der Waals surface area contributed by atoms with E-state index >= 15 is 0 Å². The van der Waals surface area contributed by atoms with Crippen molar-refractivity contribution in [1.82, 2.24) is 10.2 Å². The van der Waals surface area contributed by atoms with Gasteiger partial charge in [-0.2, -0.15) is 0 Å². The van der Waals surface area contributed by atoms with E-state index in [1.54, 1.807) is 11.9 Å². The van der Waals surface area contributed by atoms with E-state index in [1.807, 2.05) is 32.0 Å². The maximum Gasteiger partial charge on any atom is 0.238 e. The van der Waals surface area contributed by atoms with Gasteiger partial charge in [0.05, 0.1) is 13.1 Å². The van der Waals surface area contributed by atoms with Crippen LogP contribution in [0.1, 0.15) is 43.7 Å². The summed E-state index contributed by atoms with van der Waals surface area (Å²) >= 11 is 0. The molecule has 25 heavy (non-hydrogen) atoms. The Morgan fingerprint density at radius 1 is 1.12 bits per heavy atom. The minimum absolute atomic E-state index is 0.000728. The standard InChI is InChI=1S/C20H31N3O2/c1-14-9-10-16(3)18(11-14)22-20(25)13-23(4)12-19(24)21-17-8-6-5-7-15(17)2/h9-11,15,17H,5-8,12-13H2,1-4H3,(H,21,24)(H,22,25)/t15-,17-/m0/s1. The van der Waals surface area contributed by atoms with Crippen LogP contribution in [-0.2, 0) is 9.59 Å². The zero-order valence-electron chi connectivity index (χ0n) is 15.9. The molecular weight excluding hydrogens is 314 g/mol. The van der Waals surface area contributed by atoms with Gasteiger partial charge in [-0.05, 0) is 56.8 Å². The largest absolute Gasteiger partial charge is 0.352 e. The highest BCUT2D eigenvalue weighted by molar-refractivity contribution is 5.93. The number of benzene rings is 1.